The Balaban J connectivity index is 0. The number of rotatable bonds is 0. The van der Waals surface area contributed by atoms with Crippen molar-refractivity contribution in [1.29, 1.82) is 0 Å². The Kier molecular flexibility index (Phi) is 2080. The van der Waals surface area contributed by atoms with Crippen LogP contribution in [0.25, 0.3) is 0 Å². The van der Waals surface area contributed by atoms with E-state index in [1.54, 1.807) is 0 Å². The van der Waals surface area contributed by atoms with Crippen LogP contribution >= 0.6 is 0 Å². The standard InChI is InChI=1S/3Ba.2Nb.9O.Sr/q3*+2;2*+5;9*-2;+2. The van der Waals surface area contributed by atoms with Gasteiger partial charge in [0.05, 0.1) is 0 Å². The Morgan fingerprint density at radius 3 is 0.267 bits per heavy atom. The monoisotopic (exact) mass is 831 g/mol. The topological polar surface area (TPSA) is 256 Å². The first kappa shape index (κ1) is 189. The van der Waals surface area contributed by atoms with Crippen LogP contribution in [-0.4, -0.2) is 192 Å². The average molecular weight is 829 g/mol. The average Bonchev–Trinajstić information content (AvgIpc) is 0. The summed E-state index contributed by atoms with van der Waals surface area (Å²) in [5.41, 5.74) is 0. The van der Waals surface area contributed by atoms with Gasteiger partial charge in [-0.25, -0.2) is 0 Å². The van der Waals surface area contributed by atoms with Gasteiger partial charge < -0.3 is 49.3 Å². The second-order valence-electron chi connectivity index (χ2n) is 0. The number of hydrogen-bond acceptors (Lipinski definition) is 0. The minimum atomic E-state index is 0. The molecule has 0 aromatic carbocycles. The molecule has 0 aliphatic carbocycles. The van der Waals surface area contributed by atoms with Gasteiger partial charge in [0.15, 0.2) is 0 Å². The van der Waals surface area contributed by atoms with Gasteiger partial charge in [0.2, 0.25) is 0 Å². The van der Waals surface area contributed by atoms with E-state index >= 15 is 0 Å². The molecule has 15 heteroatoms. The Morgan fingerprint density at radius 2 is 0.267 bits per heavy atom. The molecule has 0 N–H and O–H groups in total. The molecule has 0 aromatic rings. The van der Waals surface area contributed by atoms with Crippen molar-refractivity contribution in [2.75, 3.05) is 0 Å². The van der Waals surface area contributed by atoms with Crippen LogP contribution < -0.4 is 0 Å². The molecule has 0 saturated carbocycles. The fourth-order valence-corrected chi connectivity index (χ4v) is 0. The quantitative estimate of drug-likeness (QED) is 0.228. The summed E-state index contributed by atoms with van der Waals surface area (Å²) in [5, 5.41) is 0. The summed E-state index contributed by atoms with van der Waals surface area (Å²) in [7, 11) is 0. The van der Waals surface area contributed by atoms with Crippen LogP contribution in [-0.2, 0) is 94.0 Å². The van der Waals surface area contributed by atoms with Crippen molar-refractivity contribution in [3.8, 4) is 0 Å². The molecular formula is Ba3Nb2O9Sr. The van der Waals surface area contributed by atoms with Crippen LogP contribution in [0.1, 0.15) is 0 Å². The molecule has 0 spiro atoms. The van der Waals surface area contributed by atoms with E-state index in [2.05, 4.69) is 0 Å². The van der Waals surface area contributed by atoms with Crippen molar-refractivity contribution in [3.05, 3.63) is 0 Å². The number of hydrogen-bond donors (Lipinski definition) is 0. The van der Waals surface area contributed by atoms with Gasteiger partial charge in [-0.15, -0.1) is 0 Å². The second kappa shape index (κ2) is 164. The van der Waals surface area contributed by atoms with Gasteiger partial charge in [0, 0.05) is 0 Å². The summed E-state index contributed by atoms with van der Waals surface area (Å²) >= 11 is 0. The first-order chi connectivity index (χ1) is 0. The summed E-state index contributed by atoms with van der Waals surface area (Å²) in [6, 6.07) is 0. The molecule has 0 atom stereocenters. The largest absolute Gasteiger partial charge is 5.00 e. The molecular weight excluding hydrogens is 829 g/mol. The molecule has 15 heavy (non-hydrogen) atoms. The summed E-state index contributed by atoms with van der Waals surface area (Å²) < 4.78 is 0. The fraction of sp³-hybridized carbons (Fsp3) is 0. The van der Waals surface area contributed by atoms with E-state index in [9.17, 15) is 0 Å². The van der Waals surface area contributed by atoms with Crippen molar-refractivity contribution in [1.82, 2.24) is 0 Å². The maximum atomic E-state index is 0. The van der Waals surface area contributed by atoms with Crippen LogP contribution in [0.3, 0.4) is 0 Å². The molecule has 0 bridgehead atoms. The fourth-order valence-electron chi connectivity index (χ4n) is 0. The van der Waals surface area contributed by atoms with Gasteiger partial charge in [0.1, 0.15) is 0 Å². The van der Waals surface area contributed by atoms with Crippen molar-refractivity contribution in [2.45, 2.75) is 0 Å². The molecule has 0 rings (SSSR count). The van der Waals surface area contributed by atoms with E-state index < -0.39 is 0 Å². The Labute approximate surface area is 277 Å². The minimum Gasteiger partial charge on any atom is -2.00 e. The van der Waals surface area contributed by atoms with Crippen LogP contribution in [0.5, 0.6) is 0 Å². The Morgan fingerprint density at radius 1 is 0.267 bits per heavy atom. The predicted octanol–water partition coefficient (Wildman–Crippen LogP) is -2.60. The van der Waals surface area contributed by atoms with Crippen molar-refractivity contribution < 1.29 is 94.0 Å². The third kappa shape index (κ3) is 149. The Bertz CT molecular complexity index is 23.3. The molecule has 0 aromatic heterocycles. The Hall–Kier alpha value is 7.32. The van der Waals surface area contributed by atoms with Crippen LogP contribution in [0.4, 0.5) is 0 Å². The normalized spacial score (nSPS) is 0. The van der Waals surface area contributed by atoms with E-state index in [-0.39, 0.29) is 286 Å². The second-order valence-corrected chi connectivity index (χ2v) is 0. The first-order valence-corrected chi connectivity index (χ1v) is 0. The van der Waals surface area contributed by atoms with Crippen LogP contribution in [0.15, 0.2) is 0 Å². The zero-order chi connectivity index (χ0) is 0. The third-order valence-electron chi connectivity index (χ3n) is 0. The maximum absolute atomic E-state index is 0. The molecule has 0 fully saturated rings. The van der Waals surface area contributed by atoms with Gasteiger partial charge in [-0.3, -0.25) is 0 Å². The first-order valence-electron chi connectivity index (χ1n) is 0. The molecule has 9 nitrogen and oxygen atoms in total. The van der Waals surface area contributed by atoms with Crippen molar-refractivity contribution in [3.63, 3.8) is 0 Å². The third-order valence-corrected chi connectivity index (χ3v) is 0. The van der Waals surface area contributed by atoms with Crippen LogP contribution in [0, 0.1) is 0 Å². The molecule has 0 unspecified atom stereocenters. The predicted molar refractivity (Wildman–Crippen MR) is 29.2 cm³/mol. The SMILES string of the molecule is [Ba+2].[Ba+2].[Ba+2].[Nb+5].[Nb+5].[O-2].[O-2].[O-2].[O-2].[O-2].[O-2].[O-2].[O-2].[O-2].[Sr+2]. The summed E-state index contributed by atoms with van der Waals surface area (Å²) in [4.78, 5) is 0. The summed E-state index contributed by atoms with van der Waals surface area (Å²) in [6.07, 6.45) is 0. The summed E-state index contributed by atoms with van der Waals surface area (Å²) in [6.45, 7) is 0. The molecule has 0 saturated heterocycles. The molecule has 0 aliphatic rings. The van der Waals surface area contributed by atoms with Crippen molar-refractivity contribution in [2.24, 2.45) is 0 Å². The minimum absolute atomic E-state index is 0. The molecule has 0 heterocycles. The van der Waals surface area contributed by atoms with E-state index in [1.165, 1.54) is 0 Å². The van der Waals surface area contributed by atoms with Gasteiger partial charge in [0.25, 0.3) is 0 Å². The van der Waals surface area contributed by atoms with E-state index in [0.717, 1.165) is 0 Å². The molecule has 0 amide bonds. The van der Waals surface area contributed by atoms with Crippen LogP contribution in [0.2, 0.25) is 0 Å². The van der Waals surface area contributed by atoms with Gasteiger partial charge in [-0.1, -0.05) is 0 Å². The van der Waals surface area contributed by atoms with Gasteiger partial charge in [-0.05, 0) is 0 Å². The van der Waals surface area contributed by atoms with Gasteiger partial charge >= 0.3 is 237 Å². The molecule has 72 valence electrons. The van der Waals surface area contributed by atoms with E-state index in [1.807, 2.05) is 0 Å². The van der Waals surface area contributed by atoms with Crippen molar-refractivity contribution >= 4 is 192 Å². The summed E-state index contributed by atoms with van der Waals surface area (Å²) in [5.74, 6) is 0. The zero-order valence-corrected chi connectivity index (χ0v) is 28.6. The molecule has 0 aliphatic heterocycles. The zero-order valence-electron chi connectivity index (χ0n) is 7.40. The van der Waals surface area contributed by atoms with Gasteiger partial charge in [-0.2, -0.15) is 0 Å². The van der Waals surface area contributed by atoms with E-state index in [0.29, 0.717) is 0 Å². The van der Waals surface area contributed by atoms with E-state index in [4.69, 9.17) is 0 Å². The smallest absolute Gasteiger partial charge is 2.00 e. The molecule has 0 radical (unpaired) electrons. The maximum Gasteiger partial charge on any atom is 5.00 e.